The molecule has 0 bridgehead atoms. The van der Waals surface area contributed by atoms with Crippen molar-refractivity contribution >= 4 is 10.0 Å². The molecular formula is C14H16N2O3S. The first-order chi connectivity index (χ1) is 9.59. The van der Waals surface area contributed by atoms with Crippen LogP contribution < -0.4 is 0 Å². The number of hydrogen-bond donors (Lipinski definition) is 0. The number of hydrogen-bond acceptors (Lipinski definition) is 4. The Balaban J connectivity index is 1.89. The van der Waals surface area contributed by atoms with Crippen LogP contribution in [0.25, 0.3) is 0 Å². The lowest BCUT2D eigenvalue weighted by atomic mass is 10.0. The highest BCUT2D eigenvalue weighted by molar-refractivity contribution is 7.89. The molecule has 6 heteroatoms. The number of sulfonamides is 1. The molecule has 3 rings (SSSR count). The predicted molar refractivity (Wildman–Crippen MR) is 73.8 cm³/mol. The molecule has 0 saturated carbocycles. The van der Waals surface area contributed by atoms with E-state index in [2.05, 4.69) is 17.3 Å². The molecule has 0 fully saturated rings. The highest BCUT2D eigenvalue weighted by Crippen LogP contribution is 2.23. The van der Waals surface area contributed by atoms with Gasteiger partial charge in [0.2, 0.25) is 10.0 Å². The van der Waals surface area contributed by atoms with Crippen molar-refractivity contribution < 1.29 is 12.9 Å². The second kappa shape index (κ2) is 5.03. The number of nitrogens with zero attached hydrogens (tertiary/aromatic N) is 2. The predicted octanol–water partition coefficient (Wildman–Crippen LogP) is 1.77. The summed E-state index contributed by atoms with van der Waals surface area (Å²) in [6.07, 6.45) is 2.68. The highest BCUT2D eigenvalue weighted by Gasteiger charge is 2.29. The van der Waals surface area contributed by atoms with E-state index in [9.17, 15) is 8.42 Å². The SMILES string of the molecule is Cc1nocc1S(=O)(=O)N1CCc2ccccc2CC1. The molecule has 1 aliphatic heterocycles. The van der Waals surface area contributed by atoms with E-state index in [1.807, 2.05) is 12.1 Å². The van der Waals surface area contributed by atoms with Crippen LogP contribution in [-0.4, -0.2) is 31.0 Å². The second-order valence-corrected chi connectivity index (χ2v) is 6.84. The van der Waals surface area contributed by atoms with E-state index < -0.39 is 10.0 Å². The van der Waals surface area contributed by atoms with Crippen molar-refractivity contribution in [3.8, 4) is 0 Å². The number of rotatable bonds is 2. The lowest BCUT2D eigenvalue weighted by Crippen LogP contribution is -2.33. The summed E-state index contributed by atoms with van der Waals surface area (Å²) in [5, 5.41) is 3.66. The average molecular weight is 292 g/mol. The molecule has 0 saturated heterocycles. The summed E-state index contributed by atoms with van der Waals surface area (Å²) in [6, 6.07) is 8.12. The maximum absolute atomic E-state index is 12.6. The van der Waals surface area contributed by atoms with Crippen molar-refractivity contribution in [2.45, 2.75) is 24.7 Å². The molecule has 106 valence electrons. The smallest absolute Gasteiger partial charge is 0.248 e. The minimum atomic E-state index is -3.51. The zero-order valence-corrected chi connectivity index (χ0v) is 12.1. The third kappa shape index (κ3) is 2.25. The van der Waals surface area contributed by atoms with Crippen LogP contribution in [0.2, 0.25) is 0 Å². The van der Waals surface area contributed by atoms with Crippen LogP contribution in [0.4, 0.5) is 0 Å². The van der Waals surface area contributed by atoms with Crippen LogP contribution in [0.15, 0.2) is 39.9 Å². The molecule has 0 aliphatic carbocycles. The molecule has 20 heavy (non-hydrogen) atoms. The topological polar surface area (TPSA) is 63.4 Å². The van der Waals surface area contributed by atoms with Gasteiger partial charge in [-0.25, -0.2) is 8.42 Å². The minimum Gasteiger partial charge on any atom is -0.363 e. The third-order valence-electron chi connectivity index (χ3n) is 3.70. The van der Waals surface area contributed by atoms with Gasteiger partial charge in [0.25, 0.3) is 0 Å². The minimum absolute atomic E-state index is 0.170. The summed E-state index contributed by atoms with van der Waals surface area (Å²) >= 11 is 0. The molecule has 0 unspecified atom stereocenters. The van der Waals surface area contributed by atoms with Crippen LogP contribution in [-0.2, 0) is 22.9 Å². The molecular weight excluding hydrogens is 276 g/mol. The van der Waals surface area contributed by atoms with E-state index in [-0.39, 0.29) is 4.90 Å². The van der Waals surface area contributed by atoms with Crippen molar-refractivity contribution in [2.75, 3.05) is 13.1 Å². The summed E-state index contributed by atoms with van der Waals surface area (Å²) in [6.45, 7) is 2.62. The van der Waals surface area contributed by atoms with Crippen molar-refractivity contribution in [1.29, 1.82) is 0 Å². The molecule has 0 N–H and O–H groups in total. The quantitative estimate of drug-likeness (QED) is 0.846. The van der Waals surface area contributed by atoms with Gasteiger partial charge in [0.15, 0.2) is 0 Å². The van der Waals surface area contributed by atoms with Gasteiger partial charge in [0.1, 0.15) is 16.9 Å². The van der Waals surface area contributed by atoms with Crippen LogP contribution in [0.5, 0.6) is 0 Å². The summed E-state index contributed by atoms with van der Waals surface area (Å²) in [5.41, 5.74) is 2.87. The van der Waals surface area contributed by atoms with Crippen molar-refractivity contribution in [3.63, 3.8) is 0 Å². The lowest BCUT2D eigenvalue weighted by Gasteiger charge is -2.18. The van der Waals surface area contributed by atoms with Crippen molar-refractivity contribution in [3.05, 3.63) is 47.3 Å². The molecule has 0 spiro atoms. The molecule has 1 aromatic carbocycles. The van der Waals surface area contributed by atoms with Crippen LogP contribution in [0.3, 0.4) is 0 Å². The van der Waals surface area contributed by atoms with E-state index in [0.29, 0.717) is 18.8 Å². The molecule has 1 aliphatic rings. The Bertz CT molecular complexity index is 695. The Morgan fingerprint density at radius 2 is 1.75 bits per heavy atom. The standard InChI is InChI=1S/C14H16N2O3S/c1-11-14(10-19-15-11)20(17,18)16-8-6-12-4-2-3-5-13(12)7-9-16/h2-5,10H,6-9H2,1H3. The van der Waals surface area contributed by atoms with Gasteiger partial charge >= 0.3 is 0 Å². The first-order valence-electron chi connectivity index (χ1n) is 6.57. The van der Waals surface area contributed by atoms with Crippen LogP contribution >= 0.6 is 0 Å². The fraction of sp³-hybridized carbons (Fsp3) is 0.357. The highest BCUT2D eigenvalue weighted by atomic mass is 32.2. The Hall–Kier alpha value is -1.66. The van der Waals surface area contributed by atoms with Crippen molar-refractivity contribution in [2.24, 2.45) is 0 Å². The van der Waals surface area contributed by atoms with Gasteiger partial charge in [-0.2, -0.15) is 4.31 Å². The largest absolute Gasteiger partial charge is 0.363 e. The first kappa shape index (κ1) is 13.3. The van der Waals surface area contributed by atoms with Gasteiger partial charge in [0.05, 0.1) is 0 Å². The summed E-state index contributed by atoms with van der Waals surface area (Å²) in [4.78, 5) is 0.170. The molecule has 0 amide bonds. The Labute approximate surface area is 118 Å². The van der Waals surface area contributed by atoms with Crippen molar-refractivity contribution in [1.82, 2.24) is 9.46 Å². The van der Waals surface area contributed by atoms with Gasteiger partial charge in [-0.3, -0.25) is 0 Å². The molecule has 5 nitrogen and oxygen atoms in total. The summed E-state index contributed by atoms with van der Waals surface area (Å²) in [7, 11) is -3.51. The number of fused-ring (bicyclic) bond motifs is 1. The number of benzene rings is 1. The Morgan fingerprint density at radius 1 is 1.15 bits per heavy atom. The maximum atomic E-state index is 12.6. The number of aromatic nitrogens is 1. The van der Waals surface area contributed by atoms with Gasteiger partial charge in [-0.1, -0.05) is 29.4 Å². The molecule has 1 aromatic heterocycles. The number of aryl methyl sites for hydroxylation is 1. The summed E-state index contributed by atoms with van der Waals surface area (Å²) < 4.78 is 31.5. The van der Waals surface area contributed by atoms with E-state index in [0.717, 1.165) is 12.8 Å². The molecule has 0 atom stereocenters. The molecule has 2 heterocycles. The van der Waals surface area contributed by atoms with E-state index in [1.54, 1.807) is 6.92 Å². The van der Waals surface area contributed by atoms with Gasteiger partial charge in [-0.15, -0.1) is 0 Å². The van der Waals surface area contributed by atoms with Gasteiger partial charge in [-0.05, 0) is 30.9 Å². The monoisotopic (exact) mass is 292 g/mol. The van der Waals surface area contributed by atoms with Gasteiger partial charge in [0, 0.05) is 13.1 Å². The summed E-state index contributed by atoms with van der Waals surface area (Å²) in [5.74, 6) is 0. The fourth-order valence-electron chi connectivity index (χ4n) is 2.56. The zero-order chi connectivity index (χ0) is 14.2. The molecule has 0 radical (unpaired) electrons. The van der Waals surface area contributed by atoms with E-state index in [1.165, 1.54) is 21.7 Å². The fourth-order valence-corrected chi connectivity index (χ4v) is 4.07. The van der Waals surface area contributed by atoms with E-state index in [4.69, 9.17) is 4.52 Å². The Morgan fingerprint density at radius 3 is 2.25 bits per heavy atom. The lowest BCUT2D eigenvalue weighted by molar-refractivity contribution is 0.410. The third-order valence-corrected chi connectivity index (χ3v) is 5.70. The second-order valence-electron chi connectivity index (χ2n) is 4.94. The normalized spacial score (nSPS) is 16.6. The Kier molecular flexibility index (Phi) is 3.35. The average Bonchev–Trinajstić information content (AvgIpc) is 2.75. The maximum Gasteiger partial charge on any atom is 0.248 e. The first-order valence-corrected chi connectivity index (χ1v) is 8.01. The van der Waals surface area contributed by atoms with Gasteiger partial charge < -0.3 is 4.52 Å². The molecule has 2 aromatic rings. The van der Waals surface area contributed by atoms with Crippen LogP contribution in [0, 0.1) is 6.92 Å². The van der Waals surface area contributed by atoms with E-state index >= 15 is 0 Å². The van der Waals surface area contributed by atoms with Crippen LogP contribution in [0.1, 0.15) is 16.8 Å². The zero-order valence-electron chi connectivity index (χ0n) is 11.2.